The lowest BCUT2D eigenvalue weighted by Crippen LogP contribution is -2.33. The van der Waals surface area contributed by atoms with Gasteiger partial charge in [-0.05, 0) is 25.2 Å². The number of hydrogen-bond acceptors (Lipinski definition) is 4. The molecule has 0 saturated carbocycles. The minimum Gasteiger partial charge on any atom is -0.507 e. The summed E-state index contributed by atoms with van der Waals surface area (Å²) in [5, 5.41) is 9.31. The number of carbonyl (C=O) groups excluding carboxylic acids is 1. The molecular formula is C9H12O4Si. The first-order valence-electron chi connectivity index (χ1n) is 4.14. The Hall–Kier alpha value is -1.33. The van der Waals surface area contributed by atoms with E-state index in [0.717, 1.165) is 0 Å². The molecule has 0 aliphatic heterocycles. The van der Waals surface area contributed by atoms with E-state index < -0.39 is 14.5 Å². The fourth-order valence-corrected chi connectivity index (χ4v) is 1.49. The van der Waals surface area contributed by atoms with Crippen LogP contribution in [0.15, 0.2) is 24.3 Å². The third kappa shape index (κ3) is 2.86. The molecule has 76 valence electrons. The summed E-state index contributed by atoms with van der Waals surface area (Å²) in [6.07, 6.45) is 0. The van der Waals surface area contributed by atoms with Crippen LogP contribution in [0, 0.1) is 0 Å². The van der Waals surface area contributed by atoms with Gasteiger partial charge in [0.2, 0.25) is 0 Å². The molecule has 1 rings (SSSR count). The fourth-order valence-electron chi connectivity index (χ4n) is 0.928. The minimum atomic E-state index is -2.89. The Morgan fingerprint density at radius 3 is 2.43 bits per heavy atom. The van der Waals surface area contributed by atoms with Crippen LogP contribution in [0.2, 0.25) is 13.1 Å². The van der Waals surface area contributed by atoms with Gasteiger partial charge in [0.15, 0.2) is 0 Å². The molecule has 0 fully saturated rings. The highest BCUT2D eigenvalue weighted by molar-refractivity contribution is 6.65. The van der Waals surface area contributed by atoms with Crippen molar-refractivity contribution in [2.24, 2.45) is 0 Å². The normalized spacial score (nSPS) is 11.1. The zero-order chi connectivity index (χ0) is 10.8. The standard InChI is InChI=1S/C9H12O4Si/c1-14(2,12)13-9(11)7-5-3-4-6-8(7)10/h3-6,10,12H,1-2H3. The molecule has 1 aromatic rings. The maximum Gasteiger partial charge on any atom is 0.392 e. The van der Waals surface area contributed by atoms with Crippen molar-refractivity contribution in [3.05, 3.63) is 29.8 Å². The second-order valence-corrected chi connectivity index (χ2v) is 6.45. The number of para-hydroxylation sites is 1. The highest BCUT2D eigenvalue weighted by Gasteiger charge is 2.25. The molecule has 0 radical (unpaired) electrons. The molecular weight excluding hydrogens is 200 g/mol. The predicted molar refractivity (Wildman–Crippen MR) is 53.2 cm³/mol. The summed E-state index contributed by atoms with van der Waals surface area (Å²) in [4.78, 5) is 20.7. The number of hydrogen-bond donors (Lipinski definition) is 2. The molecule has 1 aromatic carbocycles. The van der Waals surface area contributed by atoms with E-state index in [1.807, 2.05) is 0 Å². The van der Waals surface area contributed by atoms with Crippen molar-refractivity contribution in [2.45, 2.75) is 13.1 Å². The zero-order valence-electron chi connectivity index (χ0n) is 8.02. The lowest BCUT2D eigenvalue weighted by atomic mass is 10.2. The number of carbonyl (C=O) groups is 1. The van der Waals surface area contributed by atoms with E-state index in [9.17, 15) is 14.7 Å². The number of phenolic OH excluding ortho intramolecular Hbond substituents is 1. The van der Waals surface area contributed by atoms with E-state index in [-0.39, 0.29) is 11.3 Å². The molecule has 0 atom stereocenters. The molecule has 0 spiro atoms. The van der Waals surface area contributed by atoms with Gasteiger partial charge in [-0.1, -0.05) is 12.1 Å². The van der Waals surface area contributed by atoms with Crippen LogP contribution in [-0.2, 0) is 4.43 Å². The average Bonchev–Trinajstić information content (AvgIpc) is 2.01. The summed E-state index contributed by atoms with van der Waals surface area (Å²) in [7, 11) is -2.89. The van der Waals surface area contributed by atoms with Gasteiger partial charge in [-0.15, -0.1) is 0 Å². The van der Waals surface area contributed by atoms with Crippen LogP contribution < -0.4 is 0 Å². The molecule has 4 nitrogen and oxygen atoms in total. The summed E-state index contributed by atoms with van der Waals surface area (Å²) in [6.45, 7) is 2.95. The first-order chi connectivity index (χ1) is 6.40. The quantitative estimate of drug-likeness (QED) is 0.724. The van der Waals surface area contributed by atoms with Crippen molar-refractivity contribution in [3.63, 3.8) is 0 Å². The van der Waals surface area contributed by atoms with Gasteiger partial charge >= 0.3 is 14.5 Å². The van der Waals surface area contributed by atoms with Gasteiger partial charge < -0.3 is 14.3 Å². The van der Waals surface area contributed by atoms with E-state index >= 15 is 0 Å². The summed E-state index contributed by atoms with van der Waals surface area (Å²) in [5.41, 5.74) is 0.0714. The van der Waals surface area contributed by atoms with Gasteiger partial charge in [0.05, 0.1) is 0 Å². The second kappa shape index (κ2) is 3.81. The number of aromatic hydroxyl groups is 1. The third-order valence-electron chi connectivity index (χ3n) is 1.47. The Morgan fingerprint density at radius 1 is 1.36 bits per heavy atom. The maximum atomic E-state index is 11.4. The zero-order valence-corrected chi connectivity index (χ0v) is 9.02. The van der Waals surface area contributed by atoms with Crippen molar-refractivity contribution in [3.8, 4) is 5.75 Å². The van der Waals surface area contributed by atoms with Crippen molar-refractivity contribution < 1.29 is 19.1 Å². The summed E-state index contributed by atoms with van der Waals surface area (Å²) in [5.74, 6) is -0.835. The summed E-state index contributed by atoms with van der Waals surface area (Å²) < 4.78 is 4.80. The lowest BCUT2D eigenvalue weighted by molar-refractivity contribution is 0.0684. The molecule has 5 heteroatoms. The predicted octanol–water partition coefficient (Wildman–Crippen LogP) is 1.24. The molecule has 0 aliphatic rings. The van der Waals surface area contributed by atoms with E-state index in [0.29, 0.717) is 0 Å². The van der Waals surface area contributed by atoms with E-state index in [2.05, 4.69) is 0 Å². The average molecular weight is 212 g/mol. The van der Waals surface area contributed by atoms with Crippen LogP contribution in [0.4, 0.5) is 0 Å². The van der Waals surface area contributed by atoms with Gasteiger partial charge in [-0.3, -0.25) is 0 Å². The van der Waals surface area contributed by atoms with Crippen molar-refractivity contribution >= 4 is 14.5 Å². The fraction of sp³-hybridized carbons (Fsp3) is 0.222. The van der Waals surface area contributed by atoms with Gasteiger partial charge in [0.1, 0.15) is 11.3 Å². The Balaban J connectivity index is 2.86. The molecule has 2 N–H and O–H groups in total. The van der Waals surface area contributed by atoms with Crippen LogP contribution in [0.5, 0.6) is 5.75 Å². The van der Waals surface area contributed by atoms with Gasteiger partial charge in [-0.2, -0.15) is 0 Å². The van der Waals surface area contributed by atoms with Crippen molar-refractivity contribution in [1.82, 2.24) is 0 Å². The lowest BCUT2D eigenvalue weighted by Gasteiger charge is -2.15. The number of benzene rings is 1. The Morgan fingerprint density at radius 2 is 1.93 bits per heavy atom. The van der Waals surface area contributed by atoms with Gasteiger partial charge in [0, 0.05) is 0 Å². The molecule has 0 bridgehead atoms. The molecule has 0 saturated heterocycles. The summed E-state index contributed by atoms with van der Waals surface area (Å²) in [6, 6.07) is 6.05. The monoisotopic (exact) mass is 212 g/mol. The molecule has 0 aliphatic carbocycles. The smallest absolute Gasteiger partial charge is 0.392 e. The topological polar surface area (TPSA) is 66.8 Å². The molecule has 0 aromatic heterocycles. The first-order valence-corrected chi connectivity index (χ1v) is 6.99. The van der Waals surface area contributed by atoms with Crippen LogP contribution >= 0.6 is 0 Å². The highest BCUT2D eigenvalue weighted by atomic mass is 28.4. The SMILES string of the molecule is C[Si](C)(O)OC(=O)c1ccccc1O. The van der Waals surface area contributed by atoms with Crippen LogP contribution in [-0.4, -0.2) is 24.4 Å². The van der Waals surface area contributed by atoms with E-state index in [1.54, 1.807) is 12.1 Å². The van der Waals surface area contributed by atoms with Gasteiger partial charge in [-0.25, -0.2) is 4.79 Å². The Labute approximate surface area is 83.0 Å². The van der Waals surface area contributed by atoms with Crippen molar-refractivity contribution in [2.75, 3.05) is 0 Å². The van der Waals surface area contributed by atoms with Crippen LogP contribution in [0.1, 0.15) is 10.4 Å². The second-order valence-electron chi connectivity index (χ2n) is 3.35. The maximum absolute atomic E-state index is 11.4. The largest absolute Gasteiger partial charge is 0.507 e. The molecule has 14 heavy (non-hydrogen) atoms. The third-order valence-corrected chi connectivity index (χ3v) is 2.15. The van der Waals surface area contributed by atoms with Crippen LogP contribution in [0.25, 0.3) is 0 Å². The molecule has 0 heterocycles. The van der Waals surface area contributed by atoms with E-state index in [1.165, 1.54) is 25.2 Å². The van der Waals surface area contributed by atoms with Crippen molar-refractivity contribution in [1.29, 1.82) is 0 Å². The van der Waals surface area contributed by atoms with Gasteiger partial charge in [0.25, 0.3) is 0 Å². The van der Waals surface area contributed by atoms with Crippen LogP contribution in [0.3, 0.4) is 0 Å². The summed E-state index contributed by atoms with van der Waals surface area (Å²) >= 11 is 0. The highest BCUT2D eigenvalue weighted by Crippen LogP contribution is 2.17. The Kier molecular flexibility index (Phi) is 2.92. The Bertz CT molecular complexity index is 343. The minimum absolute atomic E-state index is 0.0714. The van der Waals surface area contributed by atoms with E-state index in [4.69, 9.17) is 4.43 Å². The number of rotatable bonds is 2. The molecule has 0 amide bonds. The number of phenols is 1. The molecule has 0 unspecified atom stereocenters. The first kappa shape index (κ1) is 10.7.